The Balaban J connectivity index is 1.92. The van der Waals surface area contributed by atoms with Gasteiger partial charge in [-0.2, -0.15) is 0 Å². The van der Waals surface area contributed by atoms with Gasteiger partial charge in [0.15, 0.2) is 0 Å². The first kappa shape index (κ1) is 25.1. The highest BCUT2D eigenvalue weighted by atomic mass is 16.6. The number of unbranched alkanes of at least 4 members (excludes halogenated alkanes) is 4. The van der Waals surface area contributed by atoms with Crippen molar-refractivity contribution in [2.24, 2.45) is 0 Å². The number of para-hydroxylation sites is 1. The zero-order valence-corrected chi connectivity index (χ0v) is 21.1. The number of aromatic amines is 1. The van der Waals surface area contributed by atoms with Gasteiger partial charge in [0, 0.05) is 36.1 Å². The number of carbonyl (C=O) groups is 2. The summed E-state index contributed by atoms with van der Waals surface area (Å²) in [6.45, 7) is 11.8. The van der Waals surface area contributed by atoms with E-state index in [9.17, 15) is 9.59 Å². The molecule has 1 aromatic heterocycles. The maximum absolute atomic E-state index is 13.9. The fourth-order valence-corrected chi connectivity index (χ4v) is 4.59. The van der Waals surface area contributed by atoms with Crippen LogP contribution in [-0.2, 0) is 22.5 Å². The molecule has 182 valence electrons. The van der Waals surface area contributed by atoms with Gasteiger partial charge in [0.05, 0.1) is 6.54 Å². The Morgan fingerprint density at radius 1 is 1.06 bits per heavy atom. The van der Waals surface area contributed by atoms with Crippen molar-refractivity contribution < 1.29 is 14.3 Å². The van der Waals surface area contributed by atoms with Crippen LogP contribution in [0.15, 0.2) is 24.3 Å². The lowest BCUT2D eigenvalue weighted by atomic mass is 9.95. The lowest BCUT2D eigenvalue weighted by molar-refractivity contribution is -0.137. The van der Waals surface area contributed by atoms with Crippen molar-refractivity contribution in [3.63, 3.8) is 0 Å². The van der Waals surface area contributed by atoms with E-state index < -0.39 is 17.7 Å². The summed E-state index contributed by atoms with van der Waals surface area (Å²) in [6, 6.07) is 7.62. The van der Waals surface area contributed by atoms with E-state index in [1.165, 1.54) is 0 Å². The van der Waals surface area contributed by atoms with Gasteiger partial charge in [0.25, 0.3) is 0 Å². The average molecular weight is 456 g/mol. The first-order valence-electron chi connectivity index (χ1n) is 12.6. The summed E-state index contributed by atoms with van der Waals surface area (Å²) < 4.78 is 5.73. The smallest absolute Gasteiger partial charge is 0.411 e. The van der Waals surface area contributed by atoms with Crippen molar-refractivity contribution in [1.82, 2.24) is 14.8 Å². The van der Waals surface area contributed by atoms with Crippen LogP contribution in [0.5, 0.6) is 0 Å². The molecule has 1 aliphatic heterocycles. The van der Waals surface area contributed by atoms with Gasteiger partial charge in [-0.25, -0.2) is 4.79 Å². The molecule has 0 unspecified atom stereocenters. The second kappa shape index (κ2) is 11.1. The van der Waals surface area contributed by atoms with Crippen molar-refractivity contribution in [1.29, 1.82) is 0 Å². The number of H-pyrrole nitrogens is 1. The molecule has 6 heteroatoms. The summed E-state index contributed by atoms with van der Waals surface area (Å²) in [6.07, 6.45) is 6.50. The molecule has 0 bridgehead atoms. The molecular weight excluding hydrogens is 414 g/mol. The van der Waals surface area contributed by atoms with Crippen molar-refractivity contribution in [2.45, 2.75) is 97.8 Å². The molecule has 1 aliphatic rings. The molecule has 0 aliphatic carbocycles. The van der Waals surface area contributed by atoms with E-state index in [1.807, 2.05) is 43.9 Å². The van der Waals surface area contributed by atoms with Gasteiger partial charge in [-0.1, -0.05) is 57.7 Å². The maximum Gasteiger partial charge on any atom is 0.411 e. The molecule has 3 rings (SSSR count). The third-order valence-corrected chi connectivity index (χ3v) is 6.29. The van der Waals surface area contributed by atoms with E-state index in [0.29, 0.717) is 13.0 Å². The largest absolute Gasteiger partial charge is 0.444 e. The summed E-state index contributed by atoms with van der Waals surface area (Å²) >= 11 is 0. The van der Waals surface area contributed by atoms with Gasteiger partial charge >= 0.3 is 6.09 Å². The maximum atomic E-state index is 13.9. The zero-order valence-electron chi connectivity index (χ0n) is 21.1. The molecule has 0 radical (unpaired) electrons. The molecular formula is C27H41N3O3. The number of ether oxygens (including phenoxy) is 1. The Bertz CT molecular complexity index is 934. The highest BCUT2D eigenvalue weighted by Gasteiger charge is 2.40. The molecule has 0 saturated heterocycles. The Morgan fingerprint density at radius 2 is 1.70 bits per heavy atom. The topological polar surface area (TPSA) is 65.6 Å². The molecule has 1 aromatic carbocycles. The number of benzene rings is 1. The SMILES string of the molecule is CCCCCN(CCCCC)C(=O)[C@H]1Cc2c([nH]c3ccccc23)CN1C(=O)OC(C)(C)C. The fourth-order valence-electron chi connectivity index (χ4n) is 4.59. The van der Waals surface area contributed by atoms with Crippen LogP contribution in [-0.4, -0.2) is 51.5 Å². The van der Waals surface area contributed by atoms with Crippen molar-refractivity contribution >= 4 is 22.9 Å². The molecule has 1 N–H and O–H groups in total. The minimum Gasteiger partial charge on any atom is -0.444 e. The van der Waals surface area contributed by atoms with Gasteiger partial charge in [-0.15, -0.1) is 0 Å². The first-order valence-corrected chi connectivity index (χ1v) is 12.6. The van der Waals surface area contributed by atoms with E-state index in [1.54, 1.807) is 4.90 Å². The number of carbonyl (C=O) groups excluding carboxylic acids is 2. The number of hydrogen-bond acceptors (Lipinski definition) is 3. The van der Waals surface area contributed by atoms with Gasteiger partial charge < -0.3 is 14.6 Å². The average Bonchev–Trinajstić information content (AvgIpc) is 3.13. The third kappa shape index (κ3) is 6.30. The fraction of sp³-hybridized carbons (Fsp3) is 0.630. The molecule has 0 saturated carbocycles. The molecule has 0 spiro atoms. The Kier molecular flexibility index (Phi) is 8.44. The van der Waals surface area contributed by atoms with Crippen LogP contribution in [0.25, 0.3) is 10.9 Å². The third-order valence-electron chi connectivity index (χ3n) is 6.29. The van der Waals surface area contributed by atoms with Crippen molar-refractivity contribution in [2.75, 3.05) is 13.1 Å². The molecule has 2 amide bonds. The molecule has 2 aromatic rings. The van der Waals surface area contributed by atoms with Crippen LogP contribution in [0, 0.1) is 0 Å². The lowest BCUT2D eigenvalue weighted by Crippen LogP contribution is -2.54. The number of amides is 2. The standard InChI is InChI=1S/C27H41N3O3/c1-6-8-12-16-29(17-13-9-7-2)25(31)24-18-21-20-14-10-11-15-22(20)28-23(21)19-30(24)26(32)33-27(3,4)5/h10-11,14-15,24,28H,6-9,12-13,16-19H2,1-5H3/t24-/m1/s1. The number of nitrogens with zero attached hydrogens (tertiary/aromatic N) is 2. The molecule has 1 atom stereocenters. The highest BCUT2D eigenvalue weighted by Crippen LogP contribution is 2.32. The van der Waals surface area contributed by atoms with E-state index in [4.69, 9.17) is 4.74 Å². The van der Waals surface area contributed by atoms with Gasteiger partial charge in [-0.3, -0.25) is 9.69 Å². The predicted molar refractivity (Wildman–Crippen MR) is 133 cm³/mol. The first-order chi connectivity index (χ1) is 15.7. The molecule has 6 nitrogen and oxygen atoms in total. The minimum atomic E-state index is -0.618. The predicted octanol–water partition coefficient (Wildman–Crippen LogP) is 6.04. The summed E-state index contributed by atoms with van der Waals surface area (Å²) in [7, 11) is 0. The lowest BCUT2D eigenvalue weighted by Gasteiger charge is -2.38. The number of fused-ring (bicyclic) bond motifs is 3. The number of hydrogen-bond donors (Lipinski definition) is 1. The van der Waals surface area contributed by atoms with Crippen LogP contribution in [0.1, 0.15) is 84.4 Å². The normalized spacial score (nSPS) is 16.0. The Morgan fingerprint density at radius 3 is 2.30 bits per heavy atom. The summed E-state index contributed by atoms with van der Waals surface area (Å²) in [4.78, 5) is 34.2. The molecule has 33 heavy (non-hydrogen) atoms. The van der Waals surface area contributed by atoms with Gasteiger partial charge in [0.1, 0.15) is 11.6 Å². The summed E-state index contributed by atoms with van der Waals surface area (Å²) in [5.41, 5.74) is 2.57. The van der Waals surface area contributed by atoms with Crippen LogP contribution in [0.4, 0.5) is 4.79 Å². The molecule has 0 fully saturated rings. The Labute approximate surface area is 198 Å². The van der Waals surface area contributed by atoms with E-state index >= 15 is 0 Å². The highest BCUT2D eigenvalue weighted by molar-refractivity contribution is 5.90. The van der Waals surface area contributed by atoms with Crippen molar-refractivity contribution in [3.8, 4) is 0 Å². The number of rotatable bonds is 9. The zero-order chi connectivity index (χ0) is 24.0. The molecule has 2 heterocycles. The van der Waals surface area contributed by atoms with E-state index in [-0.39, 0.29) is 5.91 Å². The Hall–Kier alpha value is -2.50. The number of nitrogens with one attached hydrogen (secondary N) is 1. The van der Waals surface area contributed by atoms with Crippen molar-refractivity contribution in [3.05, 3.63) is 35.5 Å². The second-order valence-electron chi connectivity index (χ2n) is 10.2. The van der Waals surface area contributed by atoms with E-state index in [2.05, 4.69) is 24.9 Å². The van der Waals surface area contributed by atoms with Crippen LogP contribution in [0.2, 0.25) is 0 Å². The second-order valence-corrected chi connectivity index (χ2v) is 10.2. The van der Waals surface area contributed by atoms with E-state index in [0.717, 1.165) is 73.8 Å². The van der Waals surface area contributed by atoms with Crippen LogP contribution in [0.3, 0.4) is 0 Å². The van der Waals surface area contributed by atoms with Gasteiger partial charge in [-0.05, 0) is 45.2 Å². The van der Waals surface area contributed by atoms with Gasteiger partial charge in [0.2, 0.25) is 5.91 Å². The number of aromatic nitrogens is 1. The van der Waals surface area contributed by atoms with Crippen LogP contribution < -0.4 is 0 Å². The monoisotopic (exact) mass is 455 g/mol. The minimum absolute atomic E-state index is 0.0454. The van der Waals surface area contributed by atoms with Crippen LogP contribution >= 0.6 is 0 Å². The summed E-state index contributed by atoms with van der Waals surface area (Å²) in [5, 5.41) is 1.14. The summed E-state index contributed by atoms with van der Waals surface area (Å²) in [5.74, 6) is 0.0454. The quantitative estimate of drug-likeness (QED) is 0.469.